The maximum Gasteiger partial charge on any atom is 0.259 e. The Morgan fingerprint density at radius 2 is 2.00 bits per heavy atom. The zero-order valence-electron chi connectivity index (χ0n) is 10.9. The number of hydrogen-bond acceptors (Lipinski definition) is 2. The first-order valence-corrected chi connectivity index (χ1v) is 7.33. The number of nitrogens with zero attached hydrogens (tertiary/aromatic N) is 1. The highest BCUT2D eigenvalue weighted by molar-refractivity contribution is 9.10. The van der Waals surface area contributed by atoms with Crippen LogP contribution in [-0.2, 0) is 0 Å². The molecule has 0 spiro atoms. The number of nitrogens with two attached hydrogens (primary N) is 1. The summed E-state index contributed by atoms with van der Waals surface area (Å²) in [5.41, 5.74) is 7.74. The molecule has 0 aliphatic heterocycles. The van der Waals surface area contributed by atoms with Gasteiger partial charge in [-0.1, -0.05) is 23.7 Å². The van der Waals surface area contributed by atoms with E-state index in [2.05, 4.69) is 15.9 Å². The van der Waals surface area contributed by atoms with Crippen molar-refractivity contribution in [3.8, 4) is 0 Å². The van der Waals surface area contributed by atoms with Gasteiger partial charge >= 0.3 is 0 Å². The molecular weight excluding hydrogens is 340 g/mol. The Morgan fingerprint density at radius 3 is 2.65 bits per heavy atom. The molecule has 0 saturated heterocycles. The molecule has 0 unspecified atom stereocenters. The molecular formula is C15H14BrClN2O. The van der Waals surface area contributed by atoms with E-state index in [1.165, 1.54) is 0 Å². The number of benzene rings is 2. The first kappa shape index (κ1) is 14.9. The molecule has 0 aromatic heterocycles. The summed E-state index contributed by atoms with van der Waals surface area (Å²) in [7, 11) is 0. The van der Waals surface area contributed by atoms with Crippen LogP contribution in [0, 0.1) is 0 Å². The van der Waals surface area contributed by atoms with Gasteiger partial charge in [0.15, 0.2) is 0 Å². The number of carbonyl (C=O) groups is 1. The Kier molecular flexibility index (Phi) is 4.68. The van der Waals surface area contributed by atoms with E-state index in [4.69, 9.17) is 17.3 Å². The van der Waals surface area contributed by atoms with E-state index in [9.17, 15) is 4.79 Å². The van der Waals surface area contributed by atoms with Gasteiger partial charge < -0.3 is 10.6 Å². The van der Waals surface area contributed by atoms with E-state index in [1.54, 1.807) is 29.2 Å². The second kappa shape index (κ2) is 6.29. The first-order valence-electron chi connectivity index (χ1n) is 6.16. The number of nitrogen functional groups attached to an aromatic ring is 1. The van der Waals surface area contributed by atoms with Gasteiger partial charge in [0.1, 0.15) is 0 Å². The van der Waals surface area contributed by atoms with E-state index in [-0.39, 0.29) is 5.91 Å². The second-order valence-electron chi connectivity index (χ2n) is 4.23. The zero-order chi connectivity index (χ0) is 14.7. The maximum absolute atomic E-state index is 12.7. The third-order valence-corrected chi connectivity index (χ3v) is 3.87. The largest absolute Gasteiger partial charge is 0.397 e. The summed E-state index contributed by atoms with van der Waals surface area (Å²) in [5, 5.41) is 0.522. The smallest absolute Gasteiger partial charge is 0.259 e. The van der Waals surface area contributed by atoms with Crippen LogP contribution in [0.1, 0.15) is 17.3 Å². The SMILES string of the molecule is CCN(C(=O)c1cc(Cl)ccc1Br)c1ccccc1N. The third-order valence-electron chi connectivity index (χ3n) is 2.95. The Balaban J connectivity index is 2.45. The number of amides is 1. The molecule has 2 N–H and O–H groups in total. The number of rotatable bonds is 3. The van der Waals surface area contributed by atoms with E-state index in [1.807, 2.05) is 25.1 Å². The number of para-hydroxylation sites is 2. The summed E-state index contributed by atoms with van der Waals surface area (Å²) in [6, 6.07) is 12.4. The predicted octanol–water partition coefficient (Wildman–Crippen LogP) is 4.35. The standard InChI is InChI=1S/C15H14BrClN2O/c1-2-19(14-6-4-3-5-13(14)18)15(20)11-9-10(17)7-8-12(11)16/h3-9H,2,18H2,1H3. The minimum absolute atomic E-state index is 0.139. The van der Waals surface area contributed by atoms with Gasteiger partial charge in [-0.2, -0.15) is 0 Å². The molecule has 0 atom stereocenters. The summed E-state index contributed by atoms with van der Waals surface area (Å²) in [6.07, 6.45) is 0. The lowest BCUT2D eigenvalue weighted by Gasteiger charge is -2.23. The van der Waals surface area contributed by atoms with Crippen LogP contribution in [0.3, 0.4) is 0 Å². The molecule has 0 saturated carbocycles. The van der Waals surface area contributed by atoms with Crippen molar-refractivity contribution in [2.45, 2.75) is 6.92 Å². The van der Waals surface area contributed by atoms with Gasteiger partial charge in [-0.15, -0.1) is 0 Å². The lowest BCUT2D eigenvalue weighted by atomic mass is 10.1. The van der Waals surface area contributed by atoms with Crippen molar-refractivity contribution in [1.29, 1.82) is 0 Å². The molecule has 1 amide bonds. The molecule has 2 aromatic rings. The normalized spacial score (nSPS) is 10.3. The Bertz CT molecular complexity index is 646. The average molecular weight is 354 g/mol. The van der Waals surface area contributed by atoms with Crippen molar-refractivity contribution in [2.75, 3.05) is 17.2 Å². The highest BCUT2D eigenvalue weighted by Crippen LogP contribution is 2.27. The van der Waals surface area contributed by atoms with Crippen LogP contribution < -0.4 is 10.6 Å². The quantitative estimate of drug-likeness (QED) is 0.834. The van der Waals surface area contributed by atoms with Gasteiger partial charge in [-0.05, 0) is 53.2 Å². The van der Waals surface area contributed by atoms with Crippen molar-refractivity contribution < 1.29 is 4.79 Å². The van der Waals surface area contributed by atoms with Crippen LogP contribution in [0.5, 0.6) is 0 Å². The van der Waals surface area contributed by atoms with E-state index >= 15 is 0 Å². The second-order valence-corrected chi connectivity index (χ2v) is 5.52. The lowest BCUT2D eigenvalue weighted by molar-refractivity contribution is 0.0987. The van der Waals surface area contributed by atoms with E-state index in [0.717, 1.165) is 0 Å². The molecule has 0 fully saturated rings. The predicted molar refractivity (Wildman–Crippen MR) is 87.4 cm³/mol. The maximum atomic E-state index is 12.7. The number of carbonyl (C=O) groups excluding carboxylic acids is 1. The van der Waals surface area contributed by atoms with Crippen molar-refractivity contribution in [2.24, 2.45) is 0 Å². The van der Waals surface area contributed by atoms with E-state index < -0.39 is 0 Å². The fraction of sp³-hybridized carbons (Fsp3) is 0.133. The number of halogens is 2. The molecule has 20 heavy (non-hydrogen) atoms. The van der Waals surface area contributed by atoms with Gasteiger partial charge in [-0.3, -0.25) is 4.79 Å². The van der Waals surface area contributed by atoms with Crippen molar-refractivity contribution in [1.82, 2.24) is 0 Å². The van der Waals surface area contributed by atoms with Crippen LogP contribution in [0.2, 0.25) is 5.02 Å². The third kappa shape index (κ3) is 2.97. The van der Waals surface area contributed by atoms with Crippen molar-refractivity contribution in [3.63, 3.8) is 0 Å². The number of anilines is 2. The van der Waals surface area contributed by atoms with Crippen molar-refractivity contribution in [3.05, 3.63) is 57.5 Å². The molecule has 0 bridgehead atoms. The summed E-state index contributed by atoms with van der Waals surface area (Å²) < 4.78 is 0.708. The summed E-state index contributed by atoms with van der Waals surface area (Å²) in [5.74, 6) is -0.139. The van der Waals surface area contributed by atoms with Gasteiger partial charge in [0, 0.05) is 16.0 Å². The molecule has 2 aromatic carbocycles. The molecule has 0 aliphatic rings. The molecule has 5 heteroatoms. The fourth-order valence-corrected chi connectivity index (χ4v) is 2.55. The van der Waals surface area contributed by atoms with Crippen LogP contribution in [0.25, 0.3) is 0 Å². The highest BCUT2D eigenvalue weighted by Gasteiger charge is 2.20. The van der Waals surface area contributed by atoms with Crippen LogP contribution in [0.4, 0.5) is 11.4 Å². The Hall–Kier alpha value is -1.52. The highest BCUT2D eigenvalue weighted by atomic mass is 79.9. The molecule has 0 heterocycles. The van der Waals surface area contributed by atoms with Crippen LogP contribution in [0.15, 0.2) is 46.9 Å². The zero-order valence-corrected chi connectivity index (χ0v) is 13.3. The minimum Gasteiger partial charge on any atom is -0.397 e. The summed E-state index contributed by atoms with van der Waals surface area (Å²) in [6.45, 7) is 2.43. The summed E-state index contributed by atoms with van der Waals surface area (Å²) >= 11 is 9.35. The first-order chi connectivity index (χ1) is 9.54. The van der Waals surface area contributed by atoms with Gasteiger partial charge in [-0.25, -0.2) is 0 Å². The van der Waals surface area contributed by atoms with Gasteiger partial charge in [0.25, 0.3) is 5.91 Å². The number of hydrogen-bond donors (Lipinski definition) is 1. The minimum atomic E-state index is -0.139. The molecule has 2 rings (SSSR count). The topological polar surface area (TPSA) is 46.3 Å². The average Bonchev–Trinajstić information content (AvgIpc) is 2.44. The molecule has 0 aliphatic carbocycles. The Labute approximate surface area is 131 Å². The monoisotopic (exact) mass is 352 g/mol. The van der Waals surface area contributed by atoms with E-state index in [0.29, 0.717) is 33.0 Å². The molecule has 104 valence electrons. The van der Waals surface area contributed by atoms with Gasteiger partial charge in [0.05, 0.1) is 16.9 Å². The molecule has 0 radical (unpaired) electrons. The van der Waals surface area contributed by atoms with Gasteiger partial charge in [0.2, 0.25) is 0 Å². The molecule has 3 nitrogen and oxygen atoms in total. The van der Waals surface area contributed by atoms with Crippen LogP contribution >= 0.6 is 27.5 Å². The van der Waals surface area contributed by atoms with Crippen molar-refractivity contribution >= 4 is 44.8 Å². The summed E-state index contributed by atoms with van der Waals surface area (Å²) in [4.78, 5) is 14.3. The Morgan fingerprint density at radius 1 is 1.30 bits per heavy atom. The fourth-order valence-electron chi connectivity index (χ4n) is 1.96. The van der Waals surface area contributed by atoms with Crippen LogP contribution in [-0.4, -0.2) is 12.5 Å². The lowest BCUT2D eigenvalue weighted by Crippen LogP contribution is -2.31.